The van der Waals surface area contributed by atoms with E-state index in [4.69, 9.17) is 16.3 Å². The summed E-state index contributed by atoms with van der Waals surface area (Å²) in [6.07, 6.45) is 4.56. The van der Waals surface area contributed by atoms with Gasteiger partial charge in [-0.2, -0.15) is 0 Å². The number of esters is 1. The van der Waals surface area contributed by atoms with E-state index < -0.39 is 0 Å². The maximum Gasteiger partial charge on any atom is 0.353 e. The van der Waals surface area contributed by atoms with Gasteiger partial charge in [-0.15, -0.1) is 11.3 Å². The number of hydrogen-bond acceptors (Lipinski definition) is 3. The number of hydrogen-bond donors (Lipinski definition) is 0. The van der Waals surface area contributed by atoms with Crippen LogP contribution in [0, 0.1) is 0 Å². The molecule has 1 aliphatic carbocycles. The monoisotopic (exact) mass is 370 g/mol. The Labute approximate surface area is 134 Å². The minimum absolute atomic E-state index is 0.325. The number of ether oxygens (including phenoxy) is 1. The number of benzene rings is 1. The van der Waals surface area contributed by atoms with E-state index in [1.54, 1.807) is 29.5 Å². The SMILES string of the molecule is O=C(Oc1ccc(Br)cc1Cl)c1cc2c(s1)CCCC2. The van der Waals surface area contributed by atoms with Crippen LogP contribution >= 0.6 is 38.9 Å². The van der Waals surface area contributed by atoms with Gasteiger partial charge < -0.3 is 4.74 Å². The molecule has 1 aliphatic rings. The zero-order valence-corrected chi connectivity index (χ0v) is 13.8. The van der Waals surface area contributed by atoms with Crippen LogP contribution in [0.4, 0.5) is 0 Å². The van der Waals surface area contributed by atoms with Gasteiger partial charge in [-0.1, -0.05) is 27.5 Å². The van der Waals surface area contributed by atoms with Crippen LogP contribution in [0.15, 0.2) is 28.7 Å². The molecule has 5 heteroatoms. The largest absolute Gasteiger partial charge is 0.421 e. The Balaban J connectivity index is 1.80. The number of rotatable bonds is 2. The fraction of sp³-hybridized carbons (Fsp3) is 0.267. The van der Waals surface area contributed by atoms with Crippen LogP contribution in [-0.2, 0) is 12.8 Å². The van der Waals surface area contributed by atoms with Crippen molar-refractivity contribution >= 4 is 44.8 Å². The van der Waals surface area contributed by atoms with E-state index in [1.165, 1.54) is 23.3 Å². The molecule has 0 radical (unpaired) electrons. The third-order valence-electron chi connectivity index (χ3n) is 3.29. The average molecular weight is 372 g/mol. The van der Waals surface area contributed by atoms with Crippen LogP contribution in [0.25, 0.3) is 0 Å². The van der Waals surface area contributed by atoms with Crippen molar-refractivity contribution in [2.75, 3.05) is 0 Å². The normalized spacial score (nSPS) is 13.9. The summed E-state index contributed by atoms with van der Waals surface area (Å²) in [5.41, 5.74) is 1.30. The quantitative estimate of drug-likeness (QED) is 0.531. The standard InChI is InChI=1S/C15H12BrClO2S/c16-10-5-6-12(11(17)8-10)19-15(18)14-7-9-3-1-2-4-13(9)20-14/h5-8H,1-4H2. The lowest BCUT2D eigenvalue weighted by molar-refractivity contribution is 0.0740. The molecular weight excluding hydrogens is 360 g/mol. The van der Waals surface area contributed by atoms with Gasteiger partial charge in [-0.25, -0.2) is 4.79 Å². The van der Waals surface area contributed by atoms with Crippen molar-refractivity contribution < 1.29 is 9.53 Å². The summed E-state index contributed by atoms with van der Waals surface area (Å²) < 4.78 is 6.24. The van der Waals surface area contributed by atoms with E-state index in [9.17, 15) is 4.79 Å². The Hall–Kier alpha value is -0.840. The van der Waals surface area contributed by atoms with Crippen molar-refractivity contribution in [3.63, 3.8) is 0 Å². The molecule has 0 saturated carbocycles. The molecule has 0 unspecified atom stereocenters. The van der Waals surface area contributed by atoms with Gasteiger partial charge in [0.05, 0.1) is 5.02 Å². The molecule has 1 heterocycles. The van der Waals surface area contributed by atoms with E-state index in [0.717, 1.165) is 17.3 Å². The number of fused-ring (bicyclic) bond motifs is 1. The molecule has 2 nitrogen and oxygen atoms in total. The van der Waals surface area contributed by atoms with Crippen molar-refractivity contribution in [1.29, 1.82) is 0 Å². The molecule has 0 aliphatic heterocycles. The maximum absolute atomic E-state index is 12.2. The molecule has 20 heavy (non-hydrogen) atoms. The second kappa shape index (κ2) is 5.88. The molecule has 0 spiro atoms. The third kappa shape index (κ3) is 2.92. The van der Waals surface area contributed by atoms with Gasteiger partial charge in [0.15, 0.2) is 0 Å². The molecule has 0 fully saturated rings. The van der Waals surface area contributed by atoms with E-state index >= 15 is 0 Å². The minimum Gasteiger partial charge on any atom is -0.421 e. The fourth-order valence-corrected chi connectivity index (χ4v) is 4.14. The highest BCUT2D eigenvalue weighted by atomic mass is 79.9. The van der Waals surface area contributed by atoms with Crippen molar-refractivity contribution in [2.24, 2.45) is 0 Å². The third-order valence-corrected chi connectivity index (χ3v) is 5.30. The van der Waals surface area contributed by atoms with E-state index in [0.29, 0.717) is 15.6 Å². The Morgan fingerprint density at radius 2 is 2.05 bits per heavy atom. The summed E-state index contributed by atoms with van der Waals surface area (Å²) in [4.78, 5) is 14.2. The summed E-state index contributed by atoms with van der Waals surface area (Å²) in [7, 11) is 0. The summed E-state index contributed by atoms with van der Waals surface area (Å²) in [5, 5.41) is 0.425. The van der Waals surface area contributed by atoms with Gasteiger partial charge in [-0.05, 0) is 55.5 Å². The Kier molecular flexibility index (Phi) is 4.15. The van der Waals surface area contributed by atoms with Crippen LogP contribution in [0.3, 0.4) is 0 Å². The van der Waals surface area contributed by atoms with E-state index in [-0.39, 0.29) is 5.97 Å². The Morgan fingerprint density at radius 1 is 1.25 bits per heavy atom. The van der Waals surface area contributed by atoms with Crippen molar-refractivity contribution in [3.8, 4) is 5.75 Å². The predicted molar refractivity (Wildman–Crippen MR) is 85.1 cm³/mol. The lowest BCUT2D eigenvalue weighted by Gasteiger charge is -2.08. The first-order valence-corrected chi connectivity index (χ1v) is 8.41. The summed E-state index contributed by atoms with van der Waals surface area (Å²) in [6, 6.07) is 7.17. The lowest BCUT2D eigenvalue weighted by Crippen LogP contribution is -2.06. The highest BCUT2D eigenvalue weighted by Crippen LogP contribution is 2.32. The topological polar surface area (TPSA) is 26.3 Å². The number of aryl methyl sites for hydroxylation is 2. The first-order chi connectivity index (χ1) is 9.63. The van der Waals surface area contributed by atoms with Crippen LogP contribution in [-0.4, -0.2) is 5.97 Å². The molecule has 2 aromatic rings. The minimum atomic E-state index is -0.325. The lowest BCUT2D eigenvalue weighted by atomic mass is 9.99. The Morgan fingerprint density at radius 3 is 2.80 bits per heavy atom. The molecule has 0 atom stereocenters. The summed E-state index contributed by atoms with van der Waals surface area (Å²) >= 11 is 10.9. The van der Waals surface area contributed by atoms with E-state index in [1.807, 2.05) is 6.07 Å². The van der Waals surface area contributed by atoms with E-state index in [2.05, 4.69) is 15.9 Å². The Bertz CT molecular complexity index is 642. The predicted octanol–water partition coefficient (Wildman–Crippen LogP) is 5.26. The number of carbonyl (C=O) groups is 1. The molecule has 0 bridgehead atoms. The number of halogens is 2. The fourth-order valence-electron chi connectivity index (χ4n) is 2.30. The second-order valence-electron chi connectivity index (χ2n) is 4.73. The van der Waals surface area contributed by atoms with Crippen LogP contribution < -0.4 is 4.74 Å². The van der Waals surface area contributed by atoms with Crippen LogP contribution in [0.1, 0.15) is 33.0 Å². The number of carbonyl (C=O) groups excluding carboxylic acids is 1. The maximum atomic E-state index is 12.2. The van der Waals surface area contributed by atoms with Gasteiger partial charge in [0, 0.05) is 9.35 Å². The van der Waals surface area contributed by atoms with Crippen molar-refractivity contribution in [3.05, 3.63) is 49.1 Å². The molecule has 0 amide bonds. The first kappa shape index (κ1) is 14.1. The summed E-state index contributed by atoms with van der Waals surface area (Å²) in [5.74, 6) is 0.0693. The van der Waals surface area contributed by atoms with Crippen molar-refractivity contribution in [1.82, 2.24) is 0 Å². The molecule has 3 rings (SSSR count). The van der Waals surface area contributed by atoms with Crippen molar-refractivity contribution in [2.45, 2.75) is 25.7 Å². The number of thiophene rings is 1. The highest BCUT2D eigenvalue weighted by Gasteiger charge is 2.19. The molecule has 104 valence electrons. The van der Waals surface area contributed by atoms with Gasteiger partial charge in [0.1, 0.15) is 10.6 Å². The molecule has 1 aromatic heterocycles. The zero-order chi connectivity index (χ0) is 14.1. The summed E-state index contributed by atoms with van der Waals surface area (Å²) in [6.45, 7) is 0. The molecular formula is C15H12BrClO2S. The average Bonchev–Trinajstić information content (AvgIpc) is 2.86. The van der Waals surface area contributed by atoms with Gasteiger partial charge in [0.2, 0.25) is 0 Å². The second-order valence-corrected chi connectivity index (χ2v) is 7.19. The molecule has 0 saturated heterocycles. The van der Waals surface area contributed by atoms with Gasteiger partial charge in [-0.3, -0.25) is 0 Å². The zero-order valence-electron chi connectivity index (χ0n) is 10.6. The van der Waals surface area contributed by atoms with Gasteiger partial charge in [0.25, 0.3) is 0 Å². The highest BCUT2D eigenvalue weighted by molar-refractivity contribution is 9.10. The molecule has 1 aromatic carbocycles. The van der Waals surface area contributed by atoms with Crippen LogP contribution in [0.5, 0.6) is 5.75 Å². The first-order valence-electron chi connectivity index (χ1n) is 6.42. The van der Waals surface area contributed by atoms with Crippen LogP contribution in [0.2, 0.25) is 5.02 Å². The molecule has 0 N–H and O–H groups in total. The van der Waals surface area contributed by atoms with Gasteiger partial charge >= 0.3 is 5.97 Å². The smallest absolute Gasteiger partial charge is 0.353 e.